The van der Waals surface area contributed by atoms with Crippen molar-refractivity contribution in [3.8, 4) is 5.75 Å². The first-order valence-electron chi connectivity index (χ1n) is 5.09. The van der Waals surface area contributed by atoms with Gasteiger partial charge in [0.15, 0.2) is 0 Å². The second-order valence-electron chi connectivity index (χ2n) is 3.66. The maximum Gasteiger partial charge on any atom is 0.303 e. The summed E-state index contributed by atoms with van der Waals surface area (Å²) in [5, 5.41) is 8.51. The zero-order valence-electron chi connectivity index (χ0n) is 9.42. The summed E-state index contributed by atoms with van der Waals surface area (Å²) in [6.07, 6.45) is 1.07. The first kappa shape index (κ1) is 12.5. The molecule has 0 saturated heterocycles. The van der Waals surface area contributed by atoms with Gasteiger partial charge in [0.25, 0.3) is 0 Å². The number of carboxylic acid groups (broad SMARTS) is 1. The molecule has 1 aromatic carbocycles. The van der Waals surface area contributed by atoms with E-state index in [0.29, 0.717) is 29.7 Å². The fourth-order valence-electron chi connectivity index (χ4n) is 1.51. The van der Waals surface area contributed by atoms with Gasteiger partial charge in [-0.1, -0.05) is 0 Å². The summed E-state index contributed by atoms with van der Waals surface area (Å²) >= 11 is 0. The highest BCUT2D eigenvalue weighted by atomic mass is 19.1. The summed E-state index contributed by atoms with van der Waals surface area (Å²) in [7, 11) is 1.52. The molecule has 0 amide bonds. The molecule has 1 aromatic rings. The first-order chi connectivity index (χ1) is 7.54. The Labute approximate surface area is 93.9 Å². The van der Waals surface area contributed by atoms with Gasteiger partial charge in [0.1, 0.15) is 11.6 Å². The Hall–Kier alpha value is -1.58. The fourth-order valence-corrected chi connectivity index (χ4v) is 1.51. The van der Waals surface area contributed by atoms with Crippen molar-refractivity contribution < 1.29 is 19.0 Å². The zero-order chi connectivity index (χ0) is 12.1. The van der Waals surface area contributed by atoms with Crippen LogP contribution >= 0.6 is 0 Å². The van der Waals surface area contributed by atoms with E-state index in [1.165, 1.54) is 13.2 Å². The molecule has 0 aliphatic rings. The van der Waals surface area contributed by atoms with Crippen LogP contribution < -0.4 is 4.74 Å². The van der Waals surface area contributed by atoms with Gasteiger partial charge >= 0.3 is 5.97 Å². The highest BCUT2D eigenvalue weighted by molar-refractivity contribution is 5.66. The van der Waals surface area contributed by atoms with Crippen LogP contribution in [0.15, 0.2) is 12.1 Å². The summed E-state index contributed by atoms with van der Waals surface area (Å²) in [5.41, 5.74) is 1.24. The van der Waals surface area contributed by atoms with Crippen LogP contribution in [0.3, 0.4) is 0 Å². The van der Waals surface area contributed by atoms with Gasteiger partial charge in [-0.2, -0.15) is 0 Å². The quantitative estimate of drug-likeness (QED) is 0.839. The molecule has 16 heavy (non-hydrogen) atoms. The SMILES string of the molecule is COc1cc(C)c(F)cc1CCCC(=O)O. The van der Waals surface area contributed by atoms with E-state index in [0.717, 1.165) is 0 Å². The van der Waals surface area contributed by atoms with Gasteiger partial charge in [0, 0.05) is 6.42 Å². The summed E-state index contributed by atoms with van der Waals surface area (Å²) in [6, 6.07) is 3.04. The van der Waals surface area contributed by atoms with E-state index in [-0.39, 0.29) is 12.2 Å². The minimum Gasteiger partial charge on any atom is -0.496 e. The topological polar surface area (TPSA) is 46.5 Å². The molecule has 88 valence electrons. The first-order valence-corrected chi connectivity index (χ1v) is 5.09. The molecule has 4 heteroatoms. The number of benzene rings is 1. The van der Waals surface area contributed by atoms with E-state index in [1.54, 1.807) is 13.0 Å². The third-order valence-electron chi connectivity index (χ3n) is 2.40. The van der Waals surface area contributed by atoms with Gasteiger partial charge in [-0.25, -0.2) is 4.39 Å². The normalized spacial score (nSPS) is 10.2. The molecule has 0 aromatic heterocycles. The van der Waals surface area contributed by atoms with Crippen LogP contribution in [0.2, 0.25) is 0 Å². The van der Waals surface area contributed by atoms with Crippen molar-refractivity contribution >= 4 is 5.97 Å². The zero-order valence-corrected chi connectivity index (χ0v) is 9.42. The number of carboxylic acids is 1. The lowest BCUT2D eigenvalue weighted by molar-refractivity contribution is -0.137. The van der Waals surface area contributed by atoms with Crippen LogP contribution in [0.25, 0.3) is 0 Å². The van der Waals surface area contributed by atoms with Crippen LogP contribution in [-0.4, -0.2) is 18.2 Å². The highest BCUT2D eigenvalue weighted by Gasteiger charge is 2.08. The lowest BCUT2D eigenvalue weighted by Gasteiger charge is -2.09. The van der Waals surface area contributed by atoms with Crippen LogP contribution in [0.1, 0.15) is 24.0 Å². The molecule has 0 bridgehead atoms. The second-order valence-corrected chi connectivity index (χ2v) is 3.66. The van der Waals surface area contributed by atoms with E-state index in [4.69, 9.17) is 9.84 Å². The summed E-state index contributed by atoms with van der Waals surface area (Å²) in [6.45, 7) is 1.67. The maximum absolute atomic E-state index is 13.3. The third-order valence-corrected chi connectivity index (χ3v) is 2.40. The van der Waals surface area contributed by atoms with Gasteiger partial charge in [-0.15, -0.1) is 0 Å². The number of aliphatic carboxylic acids is 1. The van der Waals surface area contributed by atoms with Crippen molar-refractivity contribution in [3.05, 3.63) is 29.1 Å². The van der Waals surface area contributed by atoms with Crippen LogP contribution in [0, 0.1) is 12.7 Å². The molecule has 0 radical (unpaired) electrons. The van der Waals surface area contributed by atoms with E-state index in [1.807, 2.05) is 0 Å². The molecule has 0 aliphatic carbocycles. The molecular formula is C12H15FO3. The molecule has 0 atom stereocenters. The van der Waals surface area contributed by atoms with Gasteiger partial charge in [0.2, 0.25) is 0 Å². The predicted octanol–water partition coefficient (Wildman–Crippen LogP) is 2.55. The van der Waals surface area contributed by atoms with Crippen molar-refractivity contribution in [1.82, 2.24) is 0 Å². The number of hydrogen-bond acceptors (Lipinski definition) is 2. The lowest BCUT2D eigenvalue weighted by atomic mass is 10.0. The van der Waals surface area contributed by atoms with Crippen molar-refractivity contribution in [2.45, 2.75) is 26.2 Å². The number of aryl methyl sites for hydroxylation is 2. The molecule has 3 nitrogen and oxygen atoms in total. The number of rotatable bonds is 5. The van der Waals surface area contributed by atoms with Crippen molar-refractivity contribution in [1.29, 1.82) is 0 Å². The summed E-state index contributed by atoms with van der Waals surface area (Å²) in [4.78, 5) is 10.4. The van der Waals surface area contributed by atoms with Crippen LogP contribution in [-0.2, 0) is 11.2 Å². The monoisotopic (exact) mass is 226 g/mol. The van der Waals surface area contributed by atoms with Crippen molar-refractivity contribution in [3.63, 3.8) is 0 Å². The average Bonchev–Trinajstić information content (AvgIpc) is 2.22. The van der Waals surface area contributed by atoms with Gasteiger partial charge in [0.05, 0.1) is 7.11 Å². The number of carbonyl (C=O) groups is 1. The second kappa shape index (κ2) is 5.49. The molecule has 0 saturated carbocycles. The standard InChI is InChI=1S/C12H15FO3/c1-8-6-11(16-2)9(7-10(8)13)4-3-5-12(14)15/h6-7H,3-5H2,1-2H3,(H,14,15). The Kier molecular flexibility index (Phi) is 4.28. The Morgan fingerprint density at radius 2 is 2.19 bits per heavy atom. The average molecular weight is 226 g/mol. The van der Waals surface area contributed by atoms with Crippen molar-refractivity contribution in [2.24, 2.45) is 0 Å². The highest BCUT2D eigenvalue weighted by Crippen LogP contribution is 2.24. The molecular weight excluding hydrogens is 211 g/mol. The van der Waals surface area contributed by atoms with Crippen LogP contribution in [0.5, 0.6) is 5.75 Å². The molecule has 0 unspecified atom stereocenters. The Morgan fingerprint density at radius 1 is 1.50 bits per heavy atom. The minimum atomic E-state index is -0.841. The van der Waals surface area contributed by atoms with E-state index >= 15 is 0 Å². The van der Waals surface area contributed by atoms with E-state index < -0.39 is 5.97 Å². The summed E-state index contributed by atoms with van der Waals surface area (Å²) < 4.78 is 18.4. The number of halogens is 1. The Morgan fingerprint density at radius 3 is 2.75 bits per heavy atom. The summed E-state index contributed by atoms with van der Waals surface area (Å²) in [5.74, 6) is -0.512. The molecule has 0 aliphatic heterocycles. The van der Waals surface area contributed by atoms with E-state index in [9.17, 15) is 9.18 Å². The Balaban J connectivity index is 2.77. The molecule has 0 spiro atoms. The van der Waals surface area contributed by atoms with Gasteiger partial charge in [-0.3, -0.25) is 4.79 Å². The molecule has 1 rings (SSSR count). The molecule has 1 N–H and O–H groups in total. The van der Waals surface area contributed by atoms with Gasteiger partial charge < -0.3 is 9.84 Å². The fraction of sp³-hybridized carbons (Fsp3) is 0.417. The molecule has 0 fully saturated rings. The third kappa shape index (κ3) is 3.22. The van der Waals surface area contributed by atoms with Crippen molar-refractivity contribution in [2.75, 3.05) is 7.11 Å². The van der Waals surface area contributed by atoms with Gasteiger partial charge in [-0.05, 0) is 43.0 Å². The van der Waals surface area contributed by atoms with Crippen LogP contribution in [0.4, 0.5) is 4.39 Å². The minimum absolute atomic E-state index is 0.0820. The Bertz CT molecular complexity index is 388. The molecule has 0 heterocycles. The predicted molar refractivity (Wildman–Crippen MR) is 58.3 cm³/mol. The number of ether oxygens (including phenoxy) is 1. The maximum atomic E-state index is 13.3. The largest absolute Gasteiger partial charge is 0.496 e. The smallest absolute Gasteiger partial charge is 0.303 e. The van der Waals surface area contributed by atoms with E-state index in [2.05, 4.69) is 0 Å². The lowest BCUT2D eigenvalue weighted by Crippen LogP contribution is -1.99. The number of hydrogen-bond donors (Lipinski definition) is 1. The number of methoxy groups -OCH3 is 1.